The first-order valence-electron chi connectivity index (χ1n) is 5.31. The van der Waals surface area contributed by atoms with Crippen molar-refractivity contribution in [3.8, 4) is 0 Å². The van der Waals surface area contributed by atoms with Crippen molar-refractivity contribution in [1.82, 2.24) is 4.90 Å². The number of carbonyl (C=O) groups excluding carboxylic acids is 1. The van der Waals surface area contributed by atoms with Gasteiger partial charge < -0.3 is 14.4 Å². The van der Waals surface area contributed by atoms with E-state index in [1.807, 2.05) is 0 Å². The van der Waals surface area contributed by atoms with Crippen LogP contribution in [0.5, 0.6) is 0 Å². The lowest BCUT2D eigenvalue weighted by molar-refractivity contribution is -0.117. The second-order valence-electron chi connectivity index (χ2n) is 4.87. The van der Waals surface area contributed by atoms with Gasteiger partial charge in [-0.2, -0.15) is 0 Å². The van der Waals surface area contributed by atoms with E-state index in [-0.39, 0.29) is 5.41 Å². The molecule has 1 fully saturated rings. The maximum atomic E-state index is 11.0. The Morgan fingerprint density at radius 2 is 2.29 bits per heavy atom. The van der Waals surface area contributed by atoms with Crippen molar-refractivity contribution in [2.24, 2.45) is 11.3 Å². The van der Waals surface area contributed by atoms with Crippen molar-refractivity contribution in [1.29, 1.82) is 0 Å². The van der Waals surface area contributed by atoms with E-state index in [9.17, 15) is 4.79 Å². The molecule has 1 unspecified atom stereocenters. The summed E-state index contributed by atoms with van der Waals surface area (Å²) < 4.78 is 5.30. The molecule has 0 aliphatic carbocycles. The van der Waals surface area contributed by atoms with E-state index >= 15 is 0 Å². The van der Waals surface area contributed by atoms with Crippen LogP contribution in [0.4, 0.5) is 0 Å². The number of carbonyl (C=O) groups is 1. The Labute approximate surface area is 86.4 Å². The third-order valence-corrected chi connectivity index (χ3v) is 2.65. The summed E-state index contributed by atoms with van der Waals surface area (Å²) >= 11 is 0. The van der Waals surface area contributed by atoms with Gasteiger partial charge >= 0.3 is 0 Å². The second-order valence-corrected chi connectivity index (χ2v) is 4.87. The molecule has 0 amide bonds. The SMILES string of the molecule is CC(C)CN(C)CC1(C=O)CCOC1. The van der Waals surface area contributed by atoms with Gasteiger partial charge in [0.2, 0.25) is 0 Å². The molecule has 0 aromatic carbocycles. The Balaban J connectivity index is 2.43. The Kier molecular flexibility index (Phi) is 4.08. The molecule has 14 heavy (non-hydrogen) atoms. The molecule has 0 aromatic rings. The molecule has 1 aliphatic heterocycles. The lowest BCUT2D eigenvalue weighted by Crippen LogP contribution is -2.38. The molecule has 1 rings (SSSR count). The van der Waals surface area contributed by atoms with Crippen LogP contribution >= 0.6 is 0 Å². The maximum absolute atomic E-state index is 11.0. The molecular formula is C11H21NO2. The standard InChI is InChI=1S/C11H21NO2/c1-10(2)6-12(3)7-11(8-13)4-5-14-9-11/h8,10H,4-7,9H2,1-3H3. The summed E-state index contributed by atoms with van der Waals surface area (Å²) in [5.41, 5.74) is -0.232. The summed E-state index contributed by atoms with van der Waals surface area (Å²) in [6.07, 6.45) is 1.95. The lowest BCUT2D eigenvalue weighted by atomic mass is 9.88. The average molecular weight is 199 g/mol. The lowest BCUT2D eigenvalue weighted by Gasteiger charge is -2.28. The zero-order valence-corrected chi connectivity index (χ0v) is 9.45. The summed E-state index contributed by atoms with van der Waals surface area (Å²) in [5, 5.41) is 0. The van der Waals surface area contributed by atoms with Gasteiger partial charge in [-0.1, -0.05) is 13.8 Å². The molecule has 82 valence electrons. The molecule has 0 saturated carbocycles. The zero-order valence-electron chi connectivity index (χ0n) is 9.45. The van der Waals surface area contributed by atoms with Gasteiger partial charge in [0.05, 0.1) is 12.0 Å². The van der Waals surface area contributed by atoms with Crippen molar-refractivity contribution in [2.45, 2.75) is 20.3 Å². The molecule has 0 spiro atoms. The molecule has 0 aromatic heterocycles. The Morgan fingerprint density at radius 3 is 2.71 bits per heavy atom. The fourth-order valence-corrected chi connectivity index (χ4v) is 2.10. The van der Waals surface area contributed by atoms with Crippen LogP contribution in [0.15, 0.2) is 0 Å². The van der Waals surface area contributed by atoms with Crippen LogP contribution in [-0.2, 0) is 9.53 Å². The van der Waals surface area contributed by atoms with Gasteiger partial charge in [0.1, 0.15) is 6.29 Å². The monoisotopic (exact) mass is 199 g/mol. The first kappa shape index (κ1) is 11.7. The number of nitrogens with zero attached hydrogens (tertiary/aromatic N) is 1. The molecule has 0 radical (unpaired) electrons. The molecular weight excluding hydrogens is 178 g/mol. The van der Waals surface area contributed by atoms with E-state index in [0.29, 0.717) is 12.5 Å². The number of hydrogen-bond acceptors (Lipinski definition) is 3. The highest BCUT2D eigenvalue weighted by Gasteiger charge is 2.35. The predicted octanol–water partition coefficient (Wildman–Crippen LogP) is 1.18. The minimum atomic E-state index is -0.232. The van der Waals surface area contributed by atoms with Crippen LogP contribution in [0.25, 0.3) is 0 Å². The fourth-order valence-electron chi connectivity index (χ4n) is 2.10. The van der Waals surface area contributed by atoms with Crippen molar-refractivity contribution in [3.05, 3.63) is 0 Å². The molecule has 3 heteroatoms. The summed E-state index contributed by atoms with van der Waals surface area (Å²) in [6, 6.07) is 0. The minimum absolute atomic E-state index is 0.232. The number of ether oxygens (including phenoxy) is 1. The highest BCUT2D eigenvalue weighted by molar-refractivity contribution is 5.60. The predicted molar refractivity (Wildman–Crippen MR) is 56.3 cm³/mol. The average Bonchev–Trinajstić information content (AvgIpc) is 2.52. The van der Waals surface area contributed by atoms with Gasteiger partial charge in [-0.15, -0.1) is 0 Å². The topological polar surface area (TPSA) is 29.5 Å². The minimum Gasteiger partial charge on any atom is -0.380 e. The van der Waals surface area contributed by atoms with Gasteiger partial charge in [0, 0.05) is 19.7 Å². The number of hydrogen-bond donors (Lipinski definition) is 0. The van der Waals surface area contributed by atoms with E-state index in [2.05, 4.69) is 25.8 Å². The molecule has 1 saturated heterocycles. The highest BCUT2D eigenvalue weighted by Crippen LogP contribution is 2.27. The van der Waals surface area contributed by atoms with E-state index < -0.39 is 0 Å². The molecule has 1 aliphatic rings. The first-order valence-corrected chi connectivity index (χ1v) is 5.31. The Bertz CT molecular complexity index is 186. The van der Waals surface area contributed by atoms with Gasteiger partial charge in [0.25, 0.3) is 0 Å². The normalized spacial score (nSPS) is 27.5. The first-order chi connectivity index (χ1) is 6.58. The summed E-state index contributed by atoms with van der Waals surface area (Å²) in [7, 11) is 2.07. The Hall–Kier alpha value is -0.410. The highest BCUT2D eigenvalue weighted by atomic mass is 16.5. The summed E-state index contributed by atoms with van der Waals surface area (Å²) in [4.78, 5) is 13.3. The third kappa shape index (κ3) is 3.07. The maximum Gasteiger partial charge on any atom is 0.129 e. The van der Waals surface area contributed by atoms with E-state index in [1.54, 1.807) is 0 Å². The van der Waals surface area contributed by atoms with Crippen LogP contribution in [-0.4, -0.2) is 44.5 Å². The van der Waals surface area contributed by atoms with Gasteiger partial charge in [-0.25, -0.2) is 0 Å². The smallest absolute Gasteiger partial charge is 0.129 e. The fraction of sp³-hybridized carbons (Fsp3) is 0.909. The number of rotatable bonds is 5. The molecule has 1 atom stereocenters. The van der Waals surface area contributed by atoms with Gasteiger partial charge in [-0.3, -0.25) is 0 Å². The summed E-state index contributed by atoms with van der Waals surface area (Å²) in [6.45, 7) is 7.57. The van der Waals surface area contributed by atoms with Crippen molar-refractivity contribution < 1.29 is 9.53 Å². The van der Waals surface area contributed by atoms with Crippen LogP contribution in [0.1, 0.15) is 20.3 Å². The van der Waals surface area contributed by atoms with E-state index in [0.717, 1.165) is 32.4 Å². The molecule has 0 N–H and O–H groups in total. The number of aldehydes is 1. The van der Waals surface area contributed by atoms with Crippen molar-refractivity contribution in [3.63, 3.8) is 0 Å². The van der Waals surface area contributed by atoms with Crippen LogP contribution in [0.2, 0.25) is 0 Å². The quantitative estimate of drug-likeness (QED) is 0.623. The molecule has 0 bridgehead atoms. The molecule has 1 heterocycles. The van der Waals surface area contributed by atoms with Crippen molar-refractivity contribution >= 4 is 6.29 Å². The van der Waals surface area contributed by atoms with E-state index in [4.69, 9.17) is 4.74 Å². The summed E-state index contributed by atoms with van der Waals surface area (Å²) in [5.74, 6) is 0.644. The van der Waals surface area contributed by atoms with Crippen LogP contribution in [0, 0.1) is 11.3 Å². The van der Waals surface area contributed by atoms with Gasteiger partial charge in [0.15, 0.2) is 0 Å². The third-order valence-electron chi connectivity index (χ3n) is 2.65. The van der Waals surface area contributed by atoms with Crippen molar-refractivity contribution in [2.75, 3.05) is 33.4 Å². The second kappa shape index (κ2) is 4.89. The van der Waals surface area contributed by atoms with Gasteiger partial charge in [-0.05, 0) is 19.4 Å². The Morgan fingerprint density at radius 1 is 1.57 bits per heavy atom. The largest absolute Gasteiger partial charge is 0.380 e. The van der Waals surface area contributed by atoms with Crippen LogP contribution in [0.3, 0.4) is 0 Å². The molecule has 3 nitrogen and oxygen atoms in total. The zero-order chi connectivity index (χ0) is 10.6. The van der Waals surface area contributed by atoms with E-state index in [1.165, 1.54) is 0 Å². The van der Waals surface area contributed by atoms with Crippen LogP contribution < -0.4 is 0 Å².